The summed E-state index contributed by atoms with van der Waals surface area (Å²) in [6, 6.07) is 4.21. The van der Waals surface area contributed by atoms with Gasteiger partial charge in [-0.05, 0) is 30.2 Å². The van der Waals surface area contributed by atoms with E-state index in [2.05, 4.69) is 15.3 Å². The zero-order valence-electron chi connectivity index (χ0n) is 16.7. The second-order valence-corrected chi connectivity index (χ2v) is 7.83. The van der Waals surface area contributed by atoms with E-state index >= 15 is 0 Å². The number of piperazine rings is 1. The average molecular weight is 442 g/mol. The third-order valence-corrected chi connectivity index (χ3v) is 5.28. The van der Waals surface area contributed by atoms with Crippen LogP contribution in [0.25, 0.3) is 0 Å². The molecule has 10 heteroatoms. The maximum atomic E-state index is 13.1. The molecule has 6 nitrogen and oxygen atoms in total. The summed E-state index contributed by atoms with van der Waals surface area (Å²) in [6.07, 6.45) is -1.13. The fourth-order valence-corrected chi connectivity index (χ4v) is 3.50. The van der Waals surface area contributed by atoms with Crippen molar-refractivity contribution in [2.24, 2.45) is 5.92 Å². The average Bonchev–Trinajstić information content (AvgIpc) is 2.72. The highest BCUT2D eigenvalue weighted by Gasteiger charge is 2.33. The Kier molecular flexibility index (Phi) is 6.70. The van der Waals surface area contributed by atoms with Gasteiger partial charge in [-0.25, -0.2) is 9.97 Å². The quantitative estimate of drug-likeness (QED) is 0.761. The van der Waals surface area contributed by atoms with E-state index in [1.807, 2.05) is 18.7 Å². The molecule has 2 aromatic rings. The summed E-state index contributed by atoms with van der Waals surface area (Å²) in [6.45, 7) is 5.96. The van der Waals surface area contributed by atoms with Crippen LogP contribution >= 0.6 is 11.6 Å². The first-order chi connectivity index (χ1) is 14.2. The standard InChI is InChI=1S/C20H23ClF3N5O/c1-13(2)17(27-16-5-4-14(12-15(16)21)20(22,23)24)18(30)28-8-10-29(11-9-28)19-25-6-3-7-26-19/h3-7,12-13,17,27H,8-11H2,1-2H3. The van der Waals surface area contributed by atoms with Crippen molar-refractivity contribution in [3.63, 3.8) is 0 Å². The van der Waals surface area contributed by atoms with Gasteiger partial charge >= 0.3 is 6.18 Å². The Morgan fingerprint density at radius 3 is 2.30 bits per heavy atom. The summed E-state index contributed by atoms with van der Waals surface area (Å²) in [4.78, 5) is 25.3. The van der Waals surface area contributed by atoms with Gasteiger partial charge in [-0.2, -0.15) is 13.2 Å². The minimum atomic E-state index is -4.47. The molecule has 1 saturated heterocycles. The molecule has 1 aromatic carbocycles. The molecule has 1 N–H and O–H groups in total. The number of benzene rings is 1. The largest absolute Gasteiger partial charge is 0.416 e. The molecule has 0 saturated carbocycles. The van der Waals surface area contributed by atoms with Crippen molar-refractivity contribution in [1.29, 1.82) is 0 Å². The van der Waals surface area contributed by atoms with Crippen LogP contribution in [0.15, 0.2) is 36.7 Å². The van der Waals surface area contributed by atoms with E-state index in [-0.39, 0.29) is 16.8 Å². The highest BCUT2D eigenvalue weighted by atomic mass is 35.5. The van der Waals surface area contributed by atoms with Crippen LogP contribution in [-0.2, 0) is 11.0 Å². The van der Waals surface area contributed by atoms with Crippen LogP contribution in [0.2, 0.25) is 5.02 Å². The van der Waals surface area contributed by atoms with Crippen LogP contribution in [0.3, 0.4) is 0 Å². The van der Waals surface area contributed by atoms with Gasteiger partial charge in [0.25, 0.3) is 0 Å². The summed E-state index contributed by atoms with van der Waals surface area (Å²) in [5, 5.41) is 2.96. The molecule has 2 heterocycles. The van der Waals surface area contributed by atoms with Crippen molar-refractivity contribution in [2.45, 2.75) is 26.1 Å². The molecule has 0 spiro atoms. The van der Waals surface area contributed by atoms with Gasteiger partial charge in [-0.1, -0.05) is 25.4 Å². The highest BCUT2D eigenvalue weighted by Crippen LogP contribution is 2.34. The summed E-state index contributed by atoms with van der Waals surface area (Å²) >= 11 is 6.05. The van der Waals surface area contributed by atoms with Crippen LogP contribution in [0.4, 0.5) is 24.8 Å². The molecule has 0 bridgehead atoms. The molecule has 162 valence electrons. The van der Waals surface area contributed by atoms with Crippen LogP contribution in [0, 0.1) is 5.92 Å². The fraction of sp³-hybridized carbons (Fsp3) is 0.450. The first-order valence-electron chi connectivity index (χ1n) is 9.61. The minimum Gasteiger partial charge on any atom is -0.372 e. The lowest BCUT2D eigenvalue weighted by Gasteiger charge is -2.37. The molecular weight excluding hydrogens is 419 g/mol. The topological polar surface area (TPSA) is 61.4 Å². The number of alkyl halides is 3. The van der Waals surface area contributed by atoms with Crippen LogP contribution in [0.5, 0.6) is 0 Å². The Morgan fingerprint density at radius 1 is 1.13 bits per heavy atom. The number of anilines is 2. The molecule has 0 aliphatic carbocycles. The molecular formula is C20H23ClF3N5O. The number of carbonyl (C=O) groups is 1. The minimum absolute atomic E-state index is 0.0747. The number of halogens is 4. The number of rotatable bonds is 5. The van der Waals surface area contributed by atoms with E-state index < -0.39 is 17.8 Å². The molecule has 1 fully saturated rings. The second-order valence-electron chi connectivity index (χ2n) is 7.42. The number of nitrogens with one attached hydrogen (secondary N) is 1. The van der Waals surface area contributed by atoms with Gasteiger partial charge in [-0.3, -0.25) is 4.79 Å². The Labute approximate surface area is 178 Å². The molecule has 30 heavy (non-hydrogen) atoms. The predicted molar refractivity (Wildman–Crippen MR) is 110 cm³/mol. The zero-order valence-corrected chi connectivity index (χ0v) is 17.4. The molecule has 1 amide bonds. The lowest BCUT2D eigenvalue weighted by Crippen LogP contribution is -2.54. The van der Waals surface area contributed by atoms with Crippen molar-refractivity contribution in [3.8, 4) is 0 Å². The maximum Gasteiger partial charge on any atom is 0.416 e. The molecule has 1 aliphatic rings. The van der Waals surface area contributed by atoms with E-state index in [1.54, 1.807) is 23.4 Å². The Balaban J connectivity index is 1.67. The number of hydrogen-bond donors (Lipinski definition) is 1. The fourth-order valence-electron chi connectivity index (χ4n) is 3.27. The van der Waals surface area contributed by atoms with E-state index in [0.717, 1.165) is 12.1 Å². The molecule has 1 atom stereocenters. The number of carbonyl (C=O) groups excluding carboxylic acids is 1. The number of aromatic nitrogens is 2. The molecule has 3 rings (SSSR count). The van der Waals surface area contributed by atoms with E-state index in [0.29, 0.717) is 37.8 Å². The second kappa shape index (κ2) is 9.07. The van der Waals surface area contributed by atoms with Crippen molar-refractivity contribution >= 4 is 29.1 Å². The third kappa shape index (κ3) is 5.13. The van der Waals surface area contributed by atoms with Crippen molar-refractivity contribution in [2.75, 3.05) is 36.4 Å². The smallest absolute Gasteiger partial charge is 0.372 e. The summed E-state index contributed by atoms with van der Waals surface area (Å²) in [5.41, 5.74) is -0.530. The Bertz CT molecular complexity index is 870. The van der Waals surface area contributed by atoms with Crippen molar-refractivity contribution < 1.29 is 18.0 Å². The normalized spacial score (nSPS) is 16.0. The molecule has 1 aromatic heterocycles. The third-order valence-electron chi connectivity index (χ3n) is 4.97. The van der Waals surface area contributed by atoms with Gasteiger partial charge in [0.1, 0.15) is 6.04 Å². The summed E-state index contributed by atoms with van der Waals surface area (Å²) in [7, 11) is 0. The van der Waals surface area contributed by atoms with Gasteiger partial charge < -0.3 is 15.1 Å². The van der Waals surface area contributed by atoms with E-state index in [4.69, 9.17) is 11.6 Å². The van der Waals surface area contributed by atoms with Gasteiger partial charge in [-0.15, -0.1) is 0 Å². The Hall–Kier alpha value is -2.55. The highest BCUT2D eigenvalue weighted by molar-refractivity contribution is 6.33. The molecule has 1 aliphatic heterocycles. The zero-order chi connectivity index (χ0) is 21.9. The van der Waals surface area contributed by atoms with Crippen LogP contribution in [-0.4, -0.2) is 53.0 Å². The van der Waals surface area contributed by atoms with Gasteiger partial charge in [0.15, 0.2) is 0 Å². The lowest BCUT2D eigenvalue weighted by molar-refractivity contribution is -0.137. The summed E-state index contributed by atoms with van der Waals surface area (Å²) < 4.78 is 38.6. The predicted octanol–water partition coefficient (Wildman–Crippen LogP) is 3.93. The van der Waals surface area contributed by atoms with Crippen LogP contribution in [0.1, 0.15) is 19.4 Å². The lowest BCUT2D eigenvalue weighted by atomic mass is 10.0. The summed E-state index contributed by atoms with van der Waals surface area (Å²) in [5.74, 6) is 0.417. The van der Waals surface area contributed by atoms with Crippen molar-refractivity contribution in [1.82, 2.24) is 14.9 Å². The van der Waals surface area contributed by atoms with Crippen LogP contribution < -0.4 is 10.2 Å². The number of nitrogens with zero attached hydrogens (tertiary/aromatic N) is 4. The SMILES string of the molecule is CC(C)C(Nc1ccc(C(F)(F)F)cc1Cl)C(=O)N1CCN(c2ncccn2)CC1. The van der Waals surface area contributed by atoms with Gasteiger partial charge in [0.05, 0.1) is 16.3 Å². The monoisotopic (exact) mass is 441 g/mol. The molecule has 1 unspecified atom stereocenters. The first kappa shape index (κ1) is 22.1. The maximum absolute atomic E-state index is 13.1. The first-order valence-corrected chi connectivity index (χ1v) is 9.98. The molecule has 0 radical (unpaired) electrons. The number of hydrogen-bond acceptors (Lipinski definition) is 5. The van der Waals surface area contributed by atoms with Gasteiger partial charge in [0, 0.05) is 38.6 Å². The Morgan fingerprint density at radius 2 is 1.77 bits per heavy atom. The van der Waals surface area contributed by atoms with E-state index in [1.165, 1.54) is 6.07 Å². The number of amides is 1. The van der Waals surface area contributed by atoms with Gasteiger partial charge in [0.2, 0.25) is 11.9 Å². The van der Waals surface area contributed by atoms with E-state index in [9.17, 15) is 18.0 Å². The van der Waals surface area contributed by atoms with Crippen molar-refractivity contribution in [3.05, 3.63) is 47.2 Å².